The van der Waals surface area contributed by atoms with E-state index in [9.17, 15) is 9.90 Å². The molecular weight excluding hydrogens is 276 g/mol. The van der Waals surface area contributed by atoms with E-state index in [1.54, 1.807) is 6.07 Å². The van der Waals surface area contributed by atoms with E-state index < -0.39 is 12.1 Å². The van der Waals surface area contributed by atoms with Crippen molar-refractivity contribution in [2.24, 2.45) is 0 Å². The van der Waals surface area contributed by atoms with E-state index in [2.05, 4.69) is 25.5 Å². The van der Waals surface area contributed by atoms with Gasteiger partial charge in [-0.05, 0) is 29.7 Å². The van der Waals surface area contributed by atoms with Crippen LogP contribution in [-0.2, 0) is 10.2 Å². The largest absolute Gasteiger partial charge is 0.463 e. The Hall–Kier alpha value is -1.59. The van der Waals surface area contributed by atoms with Crippen LogP contribution in [0.4, 0.5) is 0 Å². The van der Waals surface area contributed by atoms with Crippen molar-refractivity contribution in [3.8, 4) is 0 Å². The van der Waals surface area contributed by atoms with Crippen molar-refractivity contribution in [3.63, 3.8) is 0 Å². The minimum Gasteiger partial charge on any atom is -0.463 e. The first kappa shape index (κ1) is 14.8. The summed E-state index contributed by atoms with van der Waals surface area (Å²) < 4.78 is 9.90. The molecule has 0 radical (unpaired) electrons. The lowest BCUT2D eigenvalue weighted by molar-refractivity contribution is 0.0558. The average molecular weight is 294 g/mol. The second kappa shape index (κ2) is 5.42. The van der Waals surface area contributed by atoms with Gasteiger partial charge in [0, 0.05) is 9.75 Å². The van der Waals surface area contributed by atoms with Crippen LogP contribution < -0.4 is 0 Å². The van der Waals surface area contributed by atoms with Crippen LogP contribution in [0.25, 0.3) is 0 Å². The van der Waals surface area contributed by atoms with Crippen LogP contribution in [0.15, 0.2) is 28.7 Å². The summed E-state index contributed by atoms with van der Waals surface area (Å²) in [6, 6.07) is 6.99. The van der Waals surface area contributed by atoms with Crippen LogP contribution in [0.2, 0.25) is 0 Å². The Balaban J connectivity index is 2.23. The molecule has 5 heteroatoms. The highest BCUT2D eigenvalue weighted by Gasteiger charge is 2.22. The average Bonchev–Trinajstić information content (AvgIpc) is 3.05. The standard InChI is InChI=1S/C15H18O4S/c1-15(2,3)12-8-7-11(20-12)13(16)9-5-6-10(19-9)14(17)18-4/h5-8,13,16H,1-4H3. The number of aliphatic hydroxyl groups excluding tert-OH is 1. The third kappa shape index (κ3) is 2.94. The summed E-state index contributed by atoms with van der Waals surface area (Å²) in [6.45, 7) is 6.37. The number of carbonyl (C=O) groups is 1. The van der Waals surface area contributed by atoms with Gasteiger partial charge in [-0.2, -0.15) is 0 Å². The highest BCUT2D eigenvalue weighted by molar-refractivity contribution is 7.12. The first-order chi connectivity index (χ1) is 9.32. The molecule has 2 rings (SSSR count). The molecule has 4 nitrogen and oxygen atoms in total. The molecule has 0 saturated carbocycles. The molecule has 0 spiro atoms. The molecule has 2 aromatic rings. The Labute approximate surface area is 122 Å². The molecule has 0 bridgehead atoms. The second-order valence-corrected chi connectivity index (χ2v) is 6.66. The Morgan fingerprint density at radius 2 is 2.00 bits per heavy atom. The van der Waals surface area contributed by atoms with Crippen LogP contribution in [0.3, 0.4) is 0 Å². The van der Waals surface area contributed by atoms with Gasteiger partial charge in [-0.15, -0.1) is 11.3 Å². The summed E-state index contributed by atoms with van der Waals surface area (Å²) in [5, 5.41) is 10.3. The fourth-order valence-electron chi connectivity index (χ4n) is 1.75. The van der Waals surface area contributed by atoms with Crippen molar-refractivity contribution in [2.45, 2.75) is 32.3 Å². The van der Waals surface area contributed by atoms with Crippen LogP contribution in [0, 0.1) is 0 Å². The van der Waals surface area contributed by atoms with E-state index >= 15 is 0 Å². The minimum atomic E-state index is -0.866. The first-order valence-electron chi connectivity index (χ1n) is 6.29. The van der Waals surface area contributed by atoms with E-state index in [0.717, 1.165) is 4.88 Å². The van der Waals surface area contributed by atoms with Gasteiger partial charge in [0.25, 0.3) is 0 Å². The van der Waals surface area contributed by atoms with Crippen molar-refractivity contribution >= 4 is 17.3 Å². The Morgan fingerprint density at radius 1 is 1.30 bits per heavy atom. The SMILES string of the molecule is COC(=O)c1ccc(C(O)c2ccc(C(C)(C)C)s2)o1. The number of ether oxygens (including phenoxy) is 1. The maximum atomic E-state index is 11.3. The van der Waals surface area contributed by atoms with E-state index in [4.69, 9.17) is 4.42 Å². The van der Waals surface area contributed by atoms with Gasteiger partial charge >= 0.3 is 5.97 Å². The molecule has 1 N–H and O–H groups in total. The summed E-state index contributed by atoms with van der Waals surface area (Å²) in [6.07, 6.45) is -0.866. The lowest BCUT2D eigenvalue weighted by atomic mass is 9.95. The number of rotatable bonds is 3. The number of hydrogen-bond donors (Lipinski definition) is 1. The normalized spacial score (nSPS) is 13.2. The highest BCUT2D eigenvalue weighted by Crippen LogP contribution is 2.35. The molecule has 0 amide bonds. The molecule has 108 valence electrons. The van der Waals surface area contributed by atoms with E-state index in [1.165, 1.54) is 29.4 Å². The van der Waals surface area contributed by atoms with Crippen LogP contribution in [-0.4, -0.2) is 18.2 Å². The zero-order valence-electron chi connectivity index (χ0n) is 12.0. The summed E-state index contributed by atoms with van der Waals surface area (Å²) in [7, 11) is 1.29. The number of carbonyl (C=O) groups excluding carboxylic acids is 1. The number of hydrogen-bond acceptors (Lipinski definition) is 5. The predicted octanol–water partition coefficient (Wildman–Crippen LogP) is 3.51. The molecular formula is C15H18O4S. The van der Waals surface area contributed by atoms with Crippen molar-refractivity contribution in [1.82, 2.24) is 0 Å². The maximum Gasteiger partial charge on any atom is 0.373 e. The zero-order chi connectivity index (χ0) is 14.9. The molecule has 0 aliphatic rings. The molecule has 20 heavy (non-hydrogen) atoms. The summed E-state index contributed by atoms with van der Waals surface area (Å²) in [4.78, 5) is 13.3. The predicted molar refractivity (Wildman–Crippen MR) is 77.1 cm³/mol. The Bertz CT molecular complexity index is 603. The van der Waals surface area contributed by atoms with Gasteiger partial charge in [0.15, 0.2) is 0 Å². The lowest BCUT2D eigenvalue weighted by Crippen LogP contribution is -2.07. The third-order valence-corrected chi connectivity index (χ3v) is 4.48. The van der Waals surface area contributed by atoms with Crippen molar-refractivity contribution in [1.29, 1.82) is 0 Å². The zero-order valence-corrected chi connectivity index (χ0v) is 12.8. The maximum absolute atomic E-state index is 11.3. The van der Waals surface area contributed by atoms with Gasteiger partial charge in [-0.25, -0.2) is 4.79 Å². The molecule has 1 atom stereocenters. The third-order valence-electron chi connectivity index (χ3n) is 2.92. The minimum absolute atomic E-state index is 0.0446. The molecule has 1 unspecified atom stereocenters. The number of furan rings is 1. The number of methoxy groups -OCH3 is 1. The Kier molecular flexibility index (Phi) is 4.01. The van der Waals surface area contributed by atoms with Crippen LogP contribution in [0.5, 0.6) is 0 Å². The van der Waals surface area contributed by atoms with Gasteiger partial charge in [0.2, 0.25) is 5.76 Å². The second-order valence-electron chi connectivity index (χ2n) is 5.55. The molecule has 0 saturated heterocycles. The molecule has 0 aromatic carbocycles. The van der Waals surface area contributed by atoms with E-state index in [0.29, 0.717) is 5.76 Å². The van der Waals surface area contributed by atoms with Crippen molar-refractivity contribution in [2.75, 3.05) is 7.11 Å². The number of thiophene rings is 1. The number of esters is 1. The highest BCUT2D eigenvalue weighted by atomic mass is 32.1. The van der Waals surface area contributed by atoms with E-state index in [-0.39, 0.29) is 11.2 Å². The monoisotopic (exact) mass is 294 g/mol. The molecule has 0 aliphatic carbocycles. The molecule has 0 aliphatic heterocycles. The molecule has 2 heterocycles. The van der Waals surface area contributed by atoms with Crippen LogP contribution in [0.1, 0.15) is 52.9 Å². The van der Waals surface area contributed by atoms with Gasteiger partial charge in [0.05, 0.1) is 7.11 Å². The Morgan fingerprint density at radius 3 is 2.55 bits per heavy atom. The van der Waals surface area contributed by atoms with Crippen molar-refractivity contribution < 1.29 is 19.1 Å². The summed E-state index contributed by atoms with van der Waals surface area (Å²) in [5.41, 5.74) is 0.0446. The lowest BCUT2D eigenvalue weighted by Gasteiger charge is -2.15. The van der Waals surface area contributed by atoms with Gasteiger partial charge in [-0.1, -0.05) is 20.8 Å². The summed E-state index contributed by atoms with van der Waals surface area (Å²) in [5.74, 6) is -0.119. The number of aliphatic hydroxyl groups is 1. The van der Waals surface area contributed by atoms with Gasteiger partial charge in [-0.3, -0.25) is 0 Å². The topological polar surface area (TPSA) is 59.7 Å². The summed E-state index contributed by atoms with van der Waals surface area (Å²) >= 11 is 1.54. The fraction of sp³-hybridized carbons (Fsp3) is 0.400. The van der Waals surface area contributed by atoms with Crippen molar-refractivity contribution in [3.05, 3.63) is 45.5 Å². The van der Waals surface area contributed by atoms with Gasteiger partial charge in [0.1, 0.15) is 11.9 Å². The van der Waals surface area contributed by atoms with Crippen LogP contribution >= 0.6 is 11.3 Å². The smallest absolute Gasteiger partial charge is 0.373 e. The fourth-order valence-corrected chi connectivity index (χ4v) is 2.81. The molecule has 2 aromatic heterocycles. The van der Waals surface area contributed by atoms with E-state index in [1.807, 2.05) is 12.1 Å². The van der Waals surface area contributed by atoms with Gasteiger partial charge < -0.3 is 14.3 Å². The first-order valence-corrected chi connectivity index (χ1v) is 7.11. The quantitative estimate of drug-likeness (QED) is 0.880. The molecule has 0 fully saturated rings.